The van der Waals surface area contributed by atoms with E-state index in [9.17, 15) is 0 Å². The fraction of sp³-hybridized carbons (Fsp3) is 0.571. The zero-order valence-electron chi connectivity index (χ0n) is 16.0. The van der Waals surface area contributed by atoms with E-state index >= 15 is 0 Å². The monoisotopic (exact) mass is 356 g/mol. The van der Waals surface area contributed by atoms with Crippen molar-refractivity contribution in [2.24, 2.45) is 4.99 Å². The lowest BCUT2D eigenvalue weighted by Gasteiger charge is -2.28. The van der Waals surface area contributed by atoms with E-state index < -0.39 is 0 Å². The molecule has 1 aliphatic carbocycles. The molecule has 5 heteroatoms. The standard InChI is InChI=1S/C21H32N4O/c1-22-21(23-12-11-18-5-3-2-4-6-18)24-17-19-7-9-20(10-8-19)25-13-15-26-16-14-25/h5,7-10H,2-4,6,11-17H2,1H3,(H2,22,23,24). The topological polar surface area (TPSA) is 48.9 Å². The van der Waals surface area contributed by atoms with Crippen molar-refractivity contribution < 1.29 is 4.74 Å². The Hall–Kier alpha value is -2.01. The molecular weight excluding hydrogens is 324 g/mol. The highest BCUT2D eigenvalue weighted by molar-refractivity contribution is 5.79. The Kier molecular flexibility index (Phi) is 7.37. The van der Waals surface area contributed by atoms with Gasteiger partial charge in [-0.05, 0) is 49.8 Å². The Morgan fingerprint density at radius 3 is 2.62 bits per heavy atom. The van der Waals surface area contributed by atoms with Gasteiger partial charge >= 0.3 is 0 Å². The molecule has 0 radical (unpaired) electrons. The zero-order chi connectivity index (χ0) is 18.0. The van der Waals surface area contributed by atoms with Gasteiger partial charge in [0.25, 0.3) is 0 Å². The molecule has 5 nitrogen and oxygen atoms in total. The number of nitrogens with one attached hydrogen (secondary N) is 2. The van der Waals surface area contributed by atoms with Crippen molar-refractivity contribution in [3.8, 4) is 0 Å². The van der Waals surface area contributed by atoms with Crippen LogP contribution in [0.4, 0.5) is 5.69 Å². The number of hydrogen-bond donors (Lipinski definition) is 2. The number of guanidine groups is 1. The van der Waals surface area contributed by atoms with Crippen LogP contribution in [0.3, 0.4) is 0 Å². The molecule has 0 unspecified atom stereocenters. The van der Waals surface area contributed by atoms with Crippen molar-refractivity contribution in [3.05, 3.63) is 41.5 Å². The van der Waals surface area contributed by atoms with Crippen LogP contribution >= 0.6 is 0 Å². The average molecular weight is 357 g/mol. The molecule has 3 rings (SSSR count). The van der Waals surface area contributed by atoms with E-state index in [2.05, 4.69) is 50.9 Å². The lowest BCUT2D eigenvalue weighted by atomic mass is 9.97. The van der Waals surface area contributed by atoms with Crippen molar-refractivity contribution in [1.29, 1.82) is 0 Å². The van der Waals surface area contributed by atoms with E-state index in [4.69, 9.17) is 4.74 Å². The molecule has 1 aromatic rings. The summed E-state index contributed by atoms with van der Waals surface area (Å²) in [5, 5.41) is 6.83. The number of anilines is 1. The molecular formula is C21H32N4O. The molecule has 0 aromatic heterocycles. The van der Waals surface area contributed by atoms with Gasteiger partial charge in [0.1, 0.15) is 0 Å². The molecule has 0 amide bonds. The van der Waals surface area contributed by atoms with Crippen LogP contribution in [0.2, 0.25) is 0 Å². The molecule has 1 aromatic carbocycles. The summed E-state index contributed by atoms with van der Waals surface area (Å²) < 4.78 is 5.42. The summed E-state index contributed by atoms with van der Waals surface area (Å²) >= 11 is 0. The van der Waals surface area contributed by atoms with Gasteiger partial charge in [0.05, 0.1) is 13.2 Å². The molecule has 1 heterocycles. The van der Waals surface area contributed by atoms with Crippen LogP contribution in [-0.2, 0) is 11.3 Å². The quantitative estimate of drug-likeness (QED) is 0.467. The SMILES string of the molecule is CN=C(NCCC1=CCCCC1)NCc1ccc(N2CCOCC2)cc1. The maximum atomic E-state index is 5.42. The van der Waals surface area contributed by atoms with Crippen LogP contribution in [-0.4, -0.2) is 45.9 Å². The molecule has 1 saturated heterocycles. The third-order valence-corrected chi connectivity index (χ3v) is 5.12. The second-order valence-electron chi connectivity index (χ2n) is 6.98. The summed E-state index contributed by atoms with van der Waals surface area (Å²) in [6, 6.07) is 8.79. The first-order valence-electron chi connectivity index (χ1n) is 9.89. The minimum absolute atomic E-state index is 0.783. The first-order chi connectivity index (χ1) is 12.8. The number of hydrogen-bond acceptors (Lipinski definition) is 3. The molecule has 1 fully saturated rings. The van der Waals surface area contributed by atoms with E-state index in [0.717, 1.165) is 51.8 Å². The van der Waals surface area contributed by atoms with Crippen LogP contribution in [0.5, 0.6) is 0 Å². The maximum absolute atomic E-state index is 5.42. The van der Waals surface area contributed by atoms with Crippen LogP contribution in [0.1, 0.15) is 37.7 Å². The molecule has 142 valence electrons. The Bertz CT molecular complexity index is 603. The summed E-state index contributed by atoms with van der Waals surface area (Å²) in [5.41, 5.74) is 4.14. The van der Waals surface area contributed by atoms with E-state index in [1.165, 1.54) is 36.9 Å². The van der Waals surface area contributed by atoms with Gasteiger partial charge in [0.2, 0.25) is 0 Å². The van der Waals surface area contributed by atoms with Crippen molar-refractivity contribution in [3.63, 3.8) is 0 Å². The van der Waals surface area contributed by atoms with Gasteiger partial charge in [0, 0.05) is 38.9 Å². The zero-order valence-corrected chi connectivity index (χ0v) is 16.0. The summed E-state index contributed by atoms with van der Waals surface area (Å²) in [5.74, 6) is 0.874. The second-order valence-corrected chi connectivity index (χ2v) is 6.98. The molecule has 0 spiro atoms. The maximum Gasteiger partial charge on any atom is 0.191 e. The highest BCUT2D eigenvalue weighted by Gasteiger charge is 2.10. The molecule has 0 atom stereocenters. The van der Waals surface area contributed by atoms with E-state index in [-0.39, 0.29) is 0 Å². The van der Waals surface area contributed by atoms with Gasteiger partial charge in [-0.15, -0.1) is 0 Å². The lowest BCUT2D eigenvalue weighted by molar-refractivity contribution is 0.122. The van der Waals surface area contributed by atoms with Gasteiger partial charge in [0.15, 0.2) is 5.96 Å². The van der Waals surface area contributed by atoms with Gasteiger partial charge in [-0.1, -0.05) is 23.8 Å². The molecule has 26 heavy (non-hydrogen) atoms. The molecule has 0 bridgehead atoms. The predicted molar refractivity (Wildman–Crippen MR) is 109 cm³/mol. The van der Waals surface area contributed by atoms with Crippen LogP contribution < -0.4 is 15.5 Å². The normalized spacial score (nSPS) is 18.4. The molecule has 2 N–H and O–H groups in total. The summed E-state index contributed by atoms with van der Waals surface area (Å²) in [6.45, 7) is 5.33. The van der Waals surface area contributed by atoms with Gasteiger partial charge in [-0.2, -0.15) is 0 Å². The molecule has 1 aliphatic heterocycles. The predicted octanol–water partition coefficient (Wildman–Crippen LogP) is 3.08. The number of allylic oxidation sites excluding steroid dienone is 1. The average Bonchev–Trinajstić information content (AvgIpc) is 2.72. The Balaban J connectivity index is 1.40. The van der Waals surface area contributed by atoms with Crippen molar-refractivity contribution >= 4 is 11.6 Å². The second kappa shape index (κ2) is 10.2. The van der Waals surface area contributed by atoms with Crippen LogP contribution in [0.15, 0.2) is 40.9 Å². The Morgan fingerprint density at radius 2 is 1.92 bits per heavy atom. The highest BCUT2D eigenvalue weighted by Crippen LogP contribution is 2.19. The largest absolute Gasteiger partial charge is 0.378 e. The first kappa shape index (κ1) is 18.8. The van der Waals surface area contributed by atoms with E-state index in [0.29, 0.717) is 0 Å². The van der Waals surface area contributed by atoms with Gasteiger partial charge in [-0.25, -0.2) is 0 Å². The van der Waals surface area contributed by atoms with Gasteiger partial charge < -0.3 is 20.3 Å². The minimum atomic E-state index is 0.783. The summed E-state index contributed by atoms with van der Waals surface area (Å²) in [7, 11) is 1.83. The fourth-order valence-electron chi connectivity index (χ4n) is 3.53. The molecule has 0 saturated carbocycles. The Morgan fingerprint density at radius 1 is 1.12 bits per heavy atom. The van der Waals surface area contributed by atoms with E-state index in [1.807, 2.05) is 7.05 Å². The van der Waals surface area contributed by atoms with Crippen LogP contribution in [0.25, 0.3) is 0 Å². The fourth-order valence-corrected chi connectivity index (χ4v) is 3.53. The third-order valence-electron chi connectivity index (χ3n) is 5.12. The first-order valence-corrected chi connectivity index (χ1v) is 9.89. The third kappa shape index (κ3) is 5.77. The van der Waals surface area contributed by atoms with Gasteiger partial charge in [-0.3, -0.25) is 4.99 Å². The number of benzene rings is 1. The molecule has 2 aliphatic rings. The summed E-state index contributed by atoms with van der Waals surface area (Å²) in [6.07, 6.45) is 8.75. The smallest absolute Gasteiger partial charge is 0.191 e. The van der Waals surface area contributed by atoms with E-state index in [1.54, 1.807) is 5.57 Å². The number of ether oxygens (including phenoxy) is 1. The van der Waals surface area contributed by atoms with Crippen molar-refractivity contribution in [1.82, 2.24) is 10.6 Å². The number of rotatable bonds is 6. The van der Waals surface area contributed by atoms with Crippen molar-refractivity contribution in [2.75, 3.05) is 44.8 Å². The summed E-state index contributed by atoms with van der Waals surface area (Å²) in [4.78, 5) is 6.71. The van der Waals surface area contributed by atoms with Crippen LogP contribution in [0, 0.1) is 0 Å². The number of nitrogens with zero attached hydrogens (tertiary/aromatic N) is 2. The highest BCUT2D eigenvalue weighted by atomic mass is 16.5. The van der Waals surface area contributed by atoms with Crippen molar-refractivity contribution in [2.45, 2.75) is 38.6 Å². The Labute approximate surface area is 157 Å². The number of morpholine rings is 1. The minimum Gasteiger partial charge on any atom is -0.378 e. The lowest BCUT2D eigenvalue weighted by Crippen LogP contribution is -2.37. The number of aliphatic imine (C=N–C) groups is 1.